The molecule has 0 aromatic carbocycles. The van der Waals surface area contributed by atoms with Crippen molar-refractivity contribution in [3.05, 3.63) is 0 Å². The Labute approximate surface area is 81.5 Å². The van der Waals surface area contributed by atoms with E-state index in [0.29, 0.717) is 6.04 Å². The van der Waals surface area contributed by atoms with Crippen molar-refractivity contribution in [3.63, 3.8) is 0 Å². The fourth-order valence-electron chi connectivity index (χ4n) is 3.22. The number of hydrogen-bond donors (Lipinski definition) is 1. The Bertz CT molecular complexity index is 173. The molecule has 2 aliphatic rings. The largest absolute Gasteiger partial charge is 0.324 e. The zero-order valence-corrected chi connectivity index (χ0v) is 8.76. The van der Waals surface area contributed by atoms with Crippen LogP contribution in [0.5, 0.6) is 0 Å². The monoisotopic (exact) mass is 182 g/mol. The molecule has 2 heteroatoms. The quantitative estimate of drug-likeness (QED) is 0.705. The second-order valence-corrected chi connectivity index (χ2v) is 4.73. The van der Waals surface area contributed by atoms with Gasteiger partial charge in [0.2, 0.25) is 0 Å². The molecule has 1 saturated carbocycles. The molecule has 0 aromatic heterocycles. The third-order valence-corrected chi connectivity index (χ3v) is 3.97. The SMILES string of the molecule is CCN1CCCC1C1(N)CCCC1. The maximum Gasteiger partial charge on any atom is 0.0312 e. The van der Waals surface area contributed by atoms with Gasteiger partial charge in [-0.2, -0.15) is 0 Å². The second kappa shape index (κ2) is 3.58. The fourth-order valence-corrected chi connectivity index (χ4v) is 3.22. The van der Waals surface area contributed by atoms with Gasteiger partial charge in [0.25, 0.3) is 0 Å². The van der Waals surface area contributed by atoms with Crippen molar-refractivity contribution >= 4 is 0 Å². The first-order chi connectivity index (χ1) is 6.26. The van der Waals surface area contributed by atoms with Crippen LogP contribution in [0.15, 0.2) is 0 Å². The molecule has 1 saturated heterocycles. The minimum absolute atomic E-state index is 0.173. The van der Waals surface area contributed by atoms with Crippen LogP contribution < -0.4 is 5.73 Å². The molecular formula is C11H22N2. The van der Waals surface area contributed by atoms with Crippen molar-refractivity contribution in [1.82, 2.24) is 4.90 Å². The van der Waals surface area contributed by atoms with Gasteiger partial charge >= 0.3 is 0 Å². The van der Waals surface area contributed by atoms with Crippen LogP contribution in [-0.4, -0.2) is 29.6 Å². The van der Waals surface area contributed by atoms with E-state index in [1.54, 1.807) is 0 Å². The van der Waals surface area contributed by atoms with Gasteiger partial charge in [0.1, 0.15) is 0 Å². The van der Waals surface area contributed by atoms with Gasteiger partial charge in [0.05, 0.1) is 0 Å². The summed E-state index contributed by atoms with van der Waals surface area (Å²) in [5.41, 5.74) is 6.66. The maximum atomic E-state index is 6.49. The molecule has 2 fully saturated rings. The smallest absolute Gasteiger partial charge is 0.0312 e. The van der Waals surface area contributed by atoms with Crippen LogP contribution >= 0.6 is 0 Å². The van der Waals surface area contributed by atoms with Gasteiger partial charge in [0.15, 0.2) is 0 Å². The first-order valence-corrected chi connectivity index (χ1v) is 5.79. The van der Waals surface area contributed by atoms with Gasteiger partial charge < -0.3 is 5.73 Å². The van der Waals surface area contributed by atoms with Crippen molar-refractivity contribution in [2.24, 2.45) is 5.73 Å². The number of nitrogens with two attached hydrogens (primary N) is 1. The minimum Gasteiger partial charge on any atom is -0.324 e. The van der Waals surface area contributed by atoms with Crippen LogP contribution in [0.2, 0.25) is 0 Å². The number of rotatable bonds is 2. The molecule has 0 radical (unpaired) electrons. The van der Waals surface area contributed by atoms with Gasteiger partial charge in [-0.3, -0.25) is 4.90 Å². The predicted molar refractivity (Wildman–Crippen MR) is 55.7 cm³/mol. The van der Waals surface area contributed by atoms with Gasteiger partial charge in [-0.1, -0.05) is 19.8 Å². The summed E-state index contributed by atoms with van der Waals surface area (Å²) < 4.78 is 0. The number of hydrogen-bond acceptors (Lipinski definition) is 2. The first-order valence-electron chi connectivity index (χ1n) is 5.79. The van der Waals surface area contributed by atoms with E-state index in [1.807, 2.05) is 0 Å². The van der Waals surface area contributed by atoms with E-state index in [1.165, 1.54) is 51.6 Å². The maximum absolute atomic E-state index is 6.49. The number of nitrogens with zero attached hydrogens (tertiary/aromatic N) is 1. The minimum atomic E-state index is 0.173. The summed E-state index contributed by atoms with van der Waals surface area (Å²) in [6.45, 7) is 4.72. The molecule has 1 atom stereocenters. The summed E-state index contributed by atoms with van der Waals surface area (Å²) in [6.07, 6.45) is 7.92. The Morgan fingerprint density at radius 3 is 2.62 bits per heavy atom. The zero-order valence-electron chi connectivity index (χ0n) is 8.76. The molecular weight excluding hydrogens is 160 g/mol. The van der Waals surface area contributed by atoms with E-state index >= 15 is 0 Å². The molecule has 0 amide bonds. The lowest BCUT2D eigenvalue weighted by atomic mass is 9.87. The van der Waals surface area contributed by atoms with E-state index in [4.69, 9.17) is 5.73 Å². The molecule has 0 spiro atoms. The molecule has 2 rings (SSSR count). The lowest BCUT2D eigenvalue weighted by Crippen LogP contribution is -2.54. The summed E-state index contributed by atoms with van der Waals surface area (Å²) in [6, 6.07) is 0.694. The highest BCUT2D eigenvalue weighted by atomic mass is 15.2. The van der Waals surface area contributed by atoms with Crippen molar-refractivity contribution in [2.75, 3.05) is 13.1 Å². The average molecular weight is 182 g/mol. The molecule has 1 heterocycles. The lowest BCUT2D eigenvalue weighted by Gasteiger charge is -2.37. The van der Waals surface area contributed by atoms with E-state index in [-0.39, 0.29) is 5.54 Å². The Kier molecular flexibility index (Phi) is 2.61. The summed E-state index contributed by atoms with van der Waals surface area (Å²) in [7, 11) is 0. The lowest BCUT2D eigenvalue weighted by molar-refractivity contribution is 0.171. The van der Waals surface area contributed by atoms with E-state index in [2.05, 4.69) is 11.8 Å². The highest BCUT2D eigenvalue weighted by molar-refractivity contribution is 5.02. The third kappa shape index (κ3) is 1.62. The summed E-state index contributed by atoms with van der Waals surface area (Å²) in [5, 5.41) is 0. The van der Waals surface area contributed by atoms with Crippen molar-refractivity contribution in [3.8, 4) is 0 Å². The number of likely N-dealkylation sites (N-methyl/N-ethyl adjacent to an activating group) is 1. The predicted octanol–water partition coefficient (Wildman–Crippen LogP) is 1.74. The molecule has 1 aliphatic carbocycles. The molecule has 13 heavy (non-hydrogen) atoms. The normalized spacial score (nSPS) is 34.2. The zero-order chi connectivity index (χ0) is 9.31. The van der Waals surface area contributed by atoms with Gasteiger partial charge in [-0.15, -0.1) is 0 Å². The molecule has 2 nitrogen and oxygen atoms in total. The van der Waals surface area contributed by atoms with Crippen molar-refractivity contribution < 1.29 is 0 Å². The topological polar surface area (TPSA) is 29.3 Å². The standard InChI is InChI=1S/C11H22N2/c1-2-13-9-5-6-10(13)11(12)7-3-4-8-11/h10H,2-9,12H2,1H3. The molecule has 2 N–H and O–H groups in total. The molecule has 76 valence electrons. The molecule has 0 bridgehead atoms. The van der Waals surface area contributed by atoms with Crippen LogP contribution in [0.3, 0.4) is 0 Å². The molecule has 0 aromatic rings. The fraction of sp³-hybridized carbons (Fsp3) is 1.00. The van der Waals surface area contributed by atoms with Crippen LogP contribution in [0.1, 0.15) is 45.4 Å². The van der Waals surface area contributed by atoms with Crippen molar-refractivity contribution in [2.45, 2.75) is 57.0 Å². The summed E-state index contributed by atoms with van der Waals surface area (Å²) in [4.78, 5) is 2.59. The first kappa shape index (κ1) is 9.47. The Morgan fingerprint density at radius 1 is 1.31 bits per heavy atom. The van der Waals surface area contributed by atoms with E-state index in [0.717, 1.165) is 0 Å². The van der Waals surface area contributed by atoms with Crippen LogP contribution in [0.25, 0.3) is 0 Å². The van der Waals surface area contributed by atoms with Crippen LogP contribution in [-0.2, 0) is 0 Å². The second-order valence-electron chi connectivity index (χ2n) is 4.73. The molecule has 1 aliphatic heterocycles. The van der Waals surface area contributed by atoms with Gasteiger partial charge in [-0.25, -0.2) is 0 Å². The van der Waals surface area contributed by atoms with Crippen molar-refractivity contribution in [1.29, 1.82) is 0 Å². The highest BCUT2D eigenvalue weighted by Crippen LogP contribution is 2.36. The van der Waals surface area contributed by atoms with Crippen LogP contribution in [0.4, 0.5) is 0 Å². The van der Waals surface area contributed by atoms with E-state index in [9.17, 15) is 0 Å². The summed E-state index contributed by atoms with van der Waals surface area (Å²) >= 11 is 0. The molecule has 1 unspecified atom stereocenters. The van der Waals surface area contributed by atoms with Gasteiger partial charge in [0, 0.05) is 11.6 Å². The Balaban J connectivity index is 2.05. The Morgan fingerprint density at radius 2 is 2.00 bits per heavy atom. The third-order valence-electron chi connectivity index (χ3n) is 3.97. The van der Waals surface area contributed by atoms with Crippen LogP contribution in [0, 0.1) is 0 Å². The number of likely N-dealkylation sites (tertiary alicyclic amines) is 1. The highest BCUT2D eigenvalue weighted by Gasteiger charge is 2.42. The average Bonchev–Trinajstić information content (AvgIpc) is 2.72. The Hall–Kier alpha value is -0.0800. The van der Waals surface area contributed by atoms with Gasteiger partial charge in [-0.05, 0) is 38.8 Å². The summed E-state index contributed by atoms with van der Waals surface area (Å²) in [5.74, 6) is 0. The van der Waals surface area contributed by atoms with E-state index < -0.39 is 0 Å².